The molecule has 0 heterocycles. The van der Waals surface area contributed by atoms with E-state index in [9.17, 15) is 4.57 Å². The Bertz CT molecular complexity index is 124. The third-order valence-corrected chi connectivity index (χ3v) is 4.02. The smallest absolute Gasteiger partial charge is 0.318 e. The standard InChI is InChI=1S/C2H6O3P2S/c1-2-5-7(3,4)6-8/h2H2,1H3,(H,3,4). The second kappa shape index (κ2) is 3.65. The number of hydrogen-bond donors (Lipinski definition) is 1. The molecular formula is C2H6O3P2S. The van der Waals surface area contributed by atoms with Crippen molar-refractivity contribution in [2.24, 2.45) is 0 Å². The van der Waals surface area contributed by atoms with E-state index in [1.54, 1.807) is 6.92 Å². The van der Waals surface area contributed by atoms with Crippen LogP contribution in [-0.2, 0) is 20.9 Å². The van der Waals surface area contributed by atoms with Crippen molar-refractivity contribution in [2.75, 3.05) is 6.61 Å². The molecule has 6 heteroatoms. The van der Waals surface area contributed by atoms with E-state index in [0.29, 0.717) is 0 Å². The van der Waals surface area contributed by atoms with Crippen LogP contribution in [0, 0.1) is 0 Å². The Hall–Kier alpha value is 0.670. The minimum absolute atomic E-state index is 0.00630. The van der Waals surface area contributed by atoms with E-state index in [2.05, 4.69) is 16.3 Å². The average molecular weight is 172 g/mol. The summed E-state index contributed by atoms with van der Waals surface area (Å²) in [6.07, 6.45) is 0. The van der Waals surface area contributed by atoms with Gasteiger partial charge < -0.3 is 9.42 Å². The molecule has 48 valence electrons. The minimum Gasteiger partial charge on any atom is -0.318 e. The summed E-state index contributed by atoms with van der Waals surface area (Å²) >= 11 is 4.29. The fourth-order valence-corrected chi connectivity index (χ4v) is 1.49. The van der Waals surface area contributed by atoms with Crippen LogP contribution >= 0.6 is 14.3 Å². The largest absolute Gasteiger partial charge is 0.386 e. The van der Waals surface area contributed by atoms with Gasteiger partial charge in [0.05, 0.1) is 6.61 Å². The predicted molar refractivity (Wildman–Crippen MR) is 35.7 cm³/mol. The minimum atomic E-state index is -3.39. The van der Waals surface area contributed by atoms with Gasteiger partial charge in [-0.15, -0.1) is 0 Å². The summed E-state index contributed by atoms with van der Waals surface area (Å²) in [4.78, 5) is 8.54. The normalized spacial score (nSPS) is 18.2. The van der Waals surface area contributed by atoms with Crippen LogP contribution in [0.4, 0.5) is 0 Å². The van der Waals surface area contributed by atoms with Crippen LogP contribution in [-0.4, -0.2) is 11.5 Å². The Morgan fingerprint density at radius 3 is 2.62 bits per heavy atom. The molecule has 0 saturated heterocycles. The molecule has 0 aliphatic heterocycles. The SMILES string of the molecule is CCOP(=O)(O)P=S. The molecule has 0 amide bonds. The van der Waals surface area contributed by atoms with Crippen LogP contribution in [0.5, 0.6) is 0 Å². The lowest BCUT2D eigenvalue weighted by Crippen LogP contribution is -1.79. The van der Waals surface area contributed by atoms with Crippen LogP contribution in [0.15, 0.2) is 0 Å². The summed E-state index contributed by atoms with van der Waals surface area (Å²) in [6.45, 7) is 1.88. The van der Waals surface area contributed by atoms with Crippen molar-refractivity contribution >= 4 is 26.1 Å². The van der Waals surface area contributed by atoms with Crippen LogP contribution in [0.2, 0.25) is 0 Å². The zero-order chi connectivity index (χ0) is 6.62. The lowest BCUT2D eigenvalue weighted by atomic mass is 10.9. The fraction of sp³-hybridized carbons (Fsp3) is 1.00. The molecule has 0 saturated carbocycles. The molecule has 1 atom stereocenters. The topological polar surface area (TPSA) is 46.5 Å². The Kier molecular flexibility index (Phi) is 3.95. The lowest BCUT2D eigenvalue weighted by Gasteiger charge is -1.99. The first kappa shape index (κ1) is 8.67. The van der Waals surface area contributed by atoms with Gasteiger partial charge in [0, 0.05) is 0 Å². The predicted octanol–water partition coefficient (Wildman–Crippen LogP) is 1.53. The van der Waals surface area contributed by atoms with Gasteiger partial charge in [-0.1, -0.05) is 0 Å². The van der Waals surface area contributed by atoms with Crippen molar-refractivity contribution in [3.8, 4) is 0 Å². The first-order valence-electron chi connectivity index (χ1n) is 1.94. The van der Waals surface area contributed by atoms with Gasteiger partial charge in [-0.2, -0.15) is 0 Å². The molecular weight excluding hydrogens is 166 g/mol. The summed E-state index contributed by atoms with van der Waals surface area (Å²) in [6, 6.07) is 0. The molecule has 1 N–H and O–H groups in total. The second-order valence-corrected chi connectivity index (χ2v) is 5.87. The highest BCUT2D eigenvalue weighted by Crippen LogP contribution is 2.54. The Balaban J connectivity index is 3.73. The third-order valence-electron chi connectivity index (χ3n) is 0.400. The summed E-state index contributed by atoms with van der Waals surface area (Å²) < 4.78 is 14.8. The van der Waals surface area contributed by atoms with Gasteiger partial charge in [0.1, 0.15) is 7.04 Å². The maximum absolute atomic E-state index is 10.4. The third kappa shape index (κ3) is 3.65. The zero-order valence-corrected chi connectivity index (χ0v) is 6.88. The molecule has 0 aromatic rings. The van der Waals surface area contributed by atoms with Crippen molar-refractivity contribution in [3.05, 3.63) is 0 Å². The molecule has 3 nitrogen and oxygen atoms in total. The first-order valence-corrected chi connectivity index (χ1v) is 6.13. The summed E-state index contributed by atoms with van der Waals surface area (Å²) in [5.41, 5.74) is 0. The van der Waals surface area contributed by atoms with Crippen molar-refractivity contribution in [1.29, 1.82) is 0 Å². The lowest BCUT2D eigenvalue weighted by molar-refractivity contribution is 0.291. The van der Waals surface area contributed by atoms with Crippen LogP contribution in [0.1, 0.15) is 6.92 Å². The van der Waals surface area contributed by atoms with E-state index in [1.807, 2.05) is 0 Å². The van der Waals surface area contributed by atoms with Gasteiger partial charge >= 0.3 is 7.28 Å². The van der Waals surface area contributed by atoms with Crippen LogP contribution in [0.25, 0.3) is 0 Å². The molecule has 0 aromatic heterocycles. The Morgan fingerprint density at radius 1 is 2.00 bits per heavy atom. The van der Waals surface area contributed by atoms with Gasteiger partial charge in [-0.3, -0.25) is 0 Å². The number of hydrogen-bond acceptors (Lipinski definition) is 3. The quantitative estimate of drug-likeness (QED) is 0.655. The fourth-order valence-electron chi connectivity index (χ4n) is 0.192. The molecule has 0 fully saturated rings. The van der Waals surface area contributed by atoms with Crippen molar-refractivity contribution in [3.63, 3.8) is 0 Å². The summed E-state index contributed by atoms with van der Waals surface area (Å²) in [5.74, 6) is 0. The van der Waals surface area contributed by atoms with E-state index in [-0.39, 0.29) is 13.7 Å². The molecule has 0 bridgehead atoms. The highest BCUT2D eigenvalue weighted by atomic mass is 32.6. The van der Waals surface area contributed by atoms with Crippen LogP contribution in [0.3, 0.4) is 0 Å². The van der Waals surface area contributed by atoms with Gasteiger partial charge in [-0.25, -0.2) is 4.57 Å². The molecule has 0 rings (SSSR count). The highest BCUT2D eigenvalue weighted by Gasteiger charge is 2.12. The maximum atomic E-state index is 10.4. The molecule has 8 heavy (non-hydrogen) atoms. The molecule has 1 unspecified atom stereocenters. The zero-order valence-electron chi connectivity index (χ0n) is 4.27. The van der Waals surface area contributed by atoms with Crippen molar-refractivity contribution < 1.29 is 14.0 Å². The molecule has 0 aliphatic carbocycles. The molecule has 0 spiro atoms. The summed E-state index contributed by atoms with van der Waals surface area (Å²) in [5, 5.41) is 0. The molecule has 0 radical (unpaired) electrons. The van der Waals surface area contributed by atoms with E-state index >= 15 is 0 Å². The Morgan fingerprint density at radius 2 is 2.50 bits per heavy atom. The van der Waals surface area contributed by atoms with Crippen LogP contribution < -0.4 is 0 Å². The van der Waals surface area contributed by atoms with E-state index in [4.69, 9.17) is 4.89 Å². The van der Waals surface area contributed by atoms with Gasteiger partial charge in [0.15, 0.2) is 0 Å². The maximum Gasteiger partial charge on any atom is 0.386 e. The average Bonchev–Trinajstić information content (AvgIpc) is 1.67. The van der Waals surface area contributed by atoms with E-state index in [1.165, 1.54) is 0 Å². The highest BCUT2D eigenvalue weighted by molar-refractivity contribution is 8.35. The van der Waals surface area contributed by atoms with Gasteiger partial charge in [0.2, 0.25) is 0 Å². The van der Waals surface area contributed by atoms with Gasteiger partial charge in [0.25, 0.3) is 0 Å². The van der Waals surface area contributed by atoms with E-state index < -0.39 is 7.28 Å². The number of rotatable bonds is 3. The monoisotopic (exact) mass is 172 g/mol. The Labute approximate surface area is 54.3 Å². The second-order valence-electron chi connectivity index (χ2n) is 0.990. The summed E-state index contributed by atoms with van der Waals surface area (Å²) in [7, 11) is -3.39. The molecule has 0 aliphatic rings. The molecule has 0 aromatic carbocycles. The van der Waals surface area contributed by atoms with Crippen molar-refractivity contribution in [2.45, 2.75) is 6.92 Å². The van der Waals surface area contributed by atoms with Crippen molar-refractivity contribution in [1.82, 2.24) is 0 Å². The van der Waals surface area contributed by atoms with E-state index in [0.717, 1.165) is 0 Å². The van der Waals surface area contributed by atoms with Gasteiger partial charge in [-0.05, 0) is 18.7 Å². The first-order chi connectivity index (χ1) is 3.62.